The molecule has 1 heterocycles. The lowest BCUT2D eigenvalue weighted by molar-refractivity contribution is 0.131. The van der Waals surface area contributed by atoms with Gasteiger partial charge in [0, 0.05) is 36.9 Å². The van der Waals surface area contributed by atoms with Crippen LogP contribution >= 0.6 is 23.8 Å². The predicted octanol–water partition coefficient (Wildman–Crippen LogP) is 2.10. The number of hydrogen-bond donors (Lipinski definition) is 2. The van der Waals surface area contributed by atoms with Crippen molar-refractivity contribution >= 4 is 34.6 Å². The summed E-state index contributed by atoms with van der Waals surface area (Å²) in [5, 5.41) is 6.63. The van der Waals surface area contributed by atoms with Gasteiger partial charge in [-0.1, -0.05) is 17.7 Å². The number of likely N-dealkylation sites (N-methyl/N-ethyl adjacent to an activating group) is 1. The molecule has 1 aliphatic heterocycles. The van der Waals surface area contributed by atoms with Crippen LogP contribution in [0.4, 0.5) is 5.69 Å². The summed E-state index contributed by atoms with van der Waals surface area (Å²) in [6.07, 6.45) is 0. The van der Waals surface area contributed by atoms with Gasteiger partial charge in [-0.2, -0.15) is 0 Å². The fourth-order valence-electron chi connectivity index (χ4n) is 1.94. The van der Waals surface area contributed by atoms with Gasteiger partial charge >= 0.3 is 0 Å². The molecule has 19 heavy (non-hydrogen) atoms. The third kappa shape index (κ3) is 4.31. The molecule has 2 N–H and O–H groups in total. The van der Waals surface area contributed by atoms with E-state index in [0.29, 0.717) is 10.1 Å². The van der Waals surface area contributed by atoms with Gasteiger partial charge in [-0.05, 0) is 43.9 Å². The van der Waals surface area contributed by atoms with Crippen LogP contribution in [0.1, 0.15) is 5.56 Å². The van der Waals surface area contributed by atoms with E-state index in [1.54, 1.807) is 0 Å². The van der Waals surface area contributed by atoms with Crippen molar-refractivity contribution in [3.05, 3.63) is 28.8 Å². The third-order valence-corrected chi connectivity index (χ3v) is 3.64. The zero-order valence-electron chi connectivity index (χ0n) is 11.2. The molecule has 0 radical (unpaired) electrons. The first kappa shape index (κ1) is 14.5. The second-order valence-electron chi connectivity index (χ2n) is 4.82. The van der Waals surface area contributed by atoms with Gasteiger partial charge in [0.25, 0.3) is 0 Å². The highest BCUT2D eigenvalue weighted by atomic mass is 35.5. The Labute approximate surface area is 124 Å². The number of hydrogen-bond acceptors (Lipinski definition) is 3. The van der Waals surface area contributed by atoms with Gasteiger partial charge < -0.3 is 10.2 Å². The van der Waals surface area contributed by atoms with Gasteiger partial charge in [-0.25, -0.2) is 5.01 Å². The molecule has 1 aliphatic rings. The topological polar surface area (TPSA) is 30.5 Å². The van der Waals surface area contributed by atoms with Crippen LogP contribution in [0.2, 0.25) is 5.02 Å². The zero-order valence-corrected chi connectivity index (χ0v) is 12.8. The summed E-state index contributed by atoms with van der Waals surface area (Å²) in [5.41, 5.74) is 5.28. The van der Waals surface area contributed by atoms with Crippen molar-refractivity contribution in [2.75, 3.05) is 38.5 Å². The van der Waals surface area contributed by atoms with Crippen molar-refractivity contribution in [2.24, 2.45) is 0 Å². The average Bonchev–Trinajstić information content (AvgIpc) is 2.37. The summed E-state index contributed by atoms with van der Waals surface area (Å²) in [7, 11) is 2.13. The van der Waals surface area contributed by atoms with Gasteiger partial charge in [0.05, 0.1) is 0 Å². The Balaban J connectivity index is 1.89. The van der Waals surface area contributed by atoms with Crippen LogP contribution in [-0.2, 0) is 0 Å². The number of nitrogens with zero attached hydrogens (tertiary/aromatic N) is 2. The van der Waals surface area contributed by atoms with E-state index >= 15 is 0 Å². The molecule has 1 saturated heterocycles. The second kappa shape index (κ2) is 6.52. The molecule has 0 spiro atoms. The molecule has 0 aliphatic carbocycles. The standard InChI is InChI=1S/C13H19ClN4S/c1-10-3-4-11(14)9-12(10)15-13(19)16-18-7-5-17(2)6-8-18/h3-4,9H,5-8H2,1-2H3,(H2,15,16,19). The summed E-state index contributed by atoms with van der Waals surface area (Å²) in [4.78, 5) is 2.30. The fraction of sp³-hybridized carbons (Fsp3) is 0.462. The van der Waals surface area contributed by atoms with E-state index in [0.717, 1.165) is 37.4 Å². The summed E-state index contributed by atoms with van der Waals surface area (Å²) in [6, 6.07) is 5.73. The number of rotatable bonds is 2. The molecule has 6 heteroatoms. The van der Waals surface area contributed by atoms with Crippen LogP contribution in [0.25, 0.3) is 0 Å². The Morgan fingerprint density at radius 3 is 2.63 bits per heavy atom. The van der Waals surface area contributed by atoms with E-state index in [-0.39, 0.29) is 0 Å². The lowest BCUT2D eigenvalue weighted by Gasteiger charge is -2.33. The molecule has 0 bridgehead atoms. The van der Waals surface area contributed by atoms with E-state index in [1.807, 2.05) is 25.1 Å². The van der Waals surface area contributed by atoms with E-state index < -0.39 is 0 Å². The zero-order chi connectivity index (χ0) is 13.8. The van der Waals surface area contributed by atoms with Crippen LogP contribution in [-0.4, -0.2) is 48.2 Å². The minimum absolute atomic E-state index is 0.606. The lowest BCUT2D eigenvalue weighted by atomic mass is 10.2. The van der Waals surface area contributed by atoms with E-state index in [9.17, 15) is 0 Å². The molecule has 0 saturated carbocycles. The van der Waals surface area contributed by atoms with Crippen LogP contribution < -0.4 is 10.7 Å². The molecule has 1 aromatic rings. The largest absolute Gasteiger partial charge is 0.331 e. The second-order valence-corrected chi connectivity index (χ2v) is 5.66. The molecule has 0 amide bonds. The molecule has 4 nitrogen and oxygen atoms in total. The highest BCUT2D eigenvalue weighted by Crippen LogP contribution is 2.19. The maximum absolute atomic E-state index is 5.99. The summed E-state index contributed by atoms with van der Waals surface area (Å²) in [6.45, 7) is 6.05. The number of halogens is 1. The average molecular weight is 299 g/mol. The van der Waals surface area contributed by atoms with Crippen LogP contribution in [0.5, 0.6) is 0 Å². The number of aryl methyl sites for hydroxylation is 1. The Bertz CT molecular complexity index is 458. The summed E-state index contributed by atoms with van der Waals surface area (Å²) < 4.78 is 0. The number of anilines is 1. The van der Waals surface area contributed by atoms with E-state index in [4.69, 9.17) is 23.8 Å². The smallest absolute Gasteiger partial charge is 0.185 e. The number of thiocarbonyl (C=S) groups is 1. The maximum Gasteiger partial charge on any atom is 0.185 e. The third-order valence-electron chi connectivity index (χ3n) is 3.21. The first-order valence-electron chi connectivity index (χ1n) is 6.32. The molecule has 0 aromatic heterocycles. The molecular formula is C13H19ClN4S. The first-order chi connectivity index (χ1) is 9.04. The Kier molecular flexibility index (Phi) is 4.99. The molecule has 0 unspecified atom stereocenters. The highest BCUT2D eigenvalue weighted by Gasteiger charge is 2.14. The van der Waals surface area contributed by atoms with Gasteiger partial charge in [0.15, 0.2) is 5.11 Å². The molecule has 2 rings (SSSR count). The van der Waals surface area contributed by atoms with Crippen molar-refractivity contribution < 1.29 is 0 Å². The van der Waals surface area contributed by atoms with Crippen molar-refractivity contribution in [3.8, 4) is 0 Å². The minimum atomic E-state index is 0.606. The number of hydrazine groups is 1. The van der Waals surface area contributed by atoms with Crippen molar-refractivity contribution in [1.82, 2.24) is 15.3 Å². The minimum Gasteiger partial charge on any atom is -0.331 e. The van der Waals surface area contributed by atoms with E-state index in [1.165, 1.54) is 0 Å². The van der Waals surface area contributed by atoms with Gasteiger partial charge in [-0.3, -0.25) is 5.43 Å². The fourth-order valence-corrected chi connectivity index (χ4v) is 2.35. The number of benzene rings is 1. The molecule has 0 atom stereocenters. The number of nitrogens with one attached hydrogen (secondary N) is 2. The highest BCUT2D eigenvalue weighted by molar-refractivity contribution is 7.80. The molecular weight excluding hydrogens is 280 g/mol. The van der Waals surface area contributed by atoms with Crippen LogP contribution in [0.15, 0.2) is 18.2 Å². The summed E-state index contributed by atoms with van der Waals surface area (Å²) in [5.74, 6) is 0. The Morgan fingerprint density at radius 1 is 1.26 bits per heavy atom. The van der Waals surface area contributed by atoms with Gasteiger partial charge in [0.1, 0.15) is 0 Å². The van der Waals surface area contributed by atoms with Gasteiger partial charge in [0.2, 0.25) is 0 Å². The van der Waals surface area contributed by atoms with Crippen molar-refractivity contribution in [3.63, 3.8) is 0 Å². The monoisotopic (exact) mass is 298 g/mol. The summed E-state index contributed by atoms with van der Waals surface area (Å²) >= 11 is 11.3. The van der Waals surface area contributed by atoms with Gasteiger partial charge in [-0.15, -0.1) is 0 Å². The predicted molar refractivity (Wildman–Crippen MR) is 84.6 cm³/mol. The quantitative estimate of drug-likeness (QED) is 0.817. The van der Waals surface area contributed by atoms with Crippen molar-refractivity contribution in [2.45, 2.75) is 6.92 Å². The lowest BCUT2D eigenvalue weighted by Crippen LogP contribution is -2.53. The van der Waals surface area contributed by atoms with Crippen LogP contribution in [0, 0.1) is 6.92 Å². The molecule has 1 aromatic carbocycles. The number of piperazine rings is 1. The Morgan fingerprint density at radius 2 is 1.95 bits per heavy atom. The maximum atomic E-state index is 5.99. The normalized spacial score (nSPS) is 17.2. The Hall–Kier alpha value is -0.880. The molecule has 104 valence electrons. The SMILES string of the molecule is Cc1ccc(Cl)cc1NC(=S)NN1CCN(C)CC1. The van der Waals surface area contributed by atoms with Crippen molar-refractivity contribution in [1.29, 1.82) is 0 Å². The van der Waals surface area contributed by atoms with E-state index in [2.05, 4.69) is 27.7 Å². The van der Waals surface area contributed by atoms with Crippen LogP contribution in [0.3, 0.4) is 0 Å². The molecule has 1 fully saturated rings. The first-order valence-corrected chi connectivity index (χ1v) is 7.10.